The van der Waals surface area contributed by atoms with E-state index in [0.29, 0.717) is 12.3 Å². The van der Waals surface area contributed by atoms with E-state index in [1.807, 2.05) is 4.90 Å². The predicted octanol–water partition coefficient (Wildman–Crippen LogP) is 2.19. The van der Waals surface area contributed by atoms with Gasteiger partial charge in [-0.2, -0.15) is 0 Å². The molecular weight excluding hydrogens is 150 g/mol. The quantitative estimate of drug-likeness (QED) is 0.620. The van der Waals surface area contributed by atoms with Gasteiger partial charge in [-0.1, -0.05) is 6.92 Å². The van der Waals surface area contributed by atoms with Crippen LogP contribution in [0.3, 0.4) is 0 Å². The number of carbonyl (C=O) groups excluding carboxylic acids is 1. The lowest BCUT2D eigenvalue weighted by molar-refractivity contribution is -0.134. The van der Waals surface area contributed by atoms with Crippen LogP contribution >= 0.6 is 0 Å². The molecule has 0 radical (unpaired) electrons. The van der Waals surface area contributed by atoms with Gasteiger partial charge in [0.1, 0.15) is 0 Å². The molecule has 2 heteroatoms. The van der Waals surface area contributed by atoms with E-state index in [2.05, 4.69) is 20.8 Å². The van der Waals surface area contributed by atoms with Gasteiger partial charge in [-0.15, -0.1) is 0 Å². The monoisotopic (exact) mass is 169 g/mol. The maximum Gasteiger partial charge on any atom is 0.222 e. The topological polar surface area (TPSA) is 20.3 Å². The molecule has 2 nitrogen and oxygen atoms in total. The summed E-state index contributed by atoms with van der Waals surface area (Å²) >= 11 is 0. The van der Waals surface area contributed by atoms with Crippen molar-refractivity contribution in [2.45, 2.75) is 52.0 Å². The van der Waals surface area contributed by atoms with Crippen LogP contribution in [0.2, 0.25) is 0 Å². The summed E-state index contributed by atoms with van der Waals surface area (Å²) in [4.78, 5) is 13.6. The van der Waals surface area contributed by atoms with Gasteiger partial charge >= 0.3 is 0 Å². The average Bonchev–Trinajstić information content (AvgIpc) is 2.30. The van der Waals surface area contributed by atoms with E-state index in [9.17, 15) is 4.79 Å². The van der Waals surface area contributed by atoms with Crippen LogP contribution < -0.4 is 0 Å². The van der Waals surface area contributed by atoms with Crippen LogP contribution in [0.1, 0.15) is 46.5 Å². The Kier molecular flexibility index (Phi) is 2.76. The summed E-state index contributed by atoms with van der Waals surface area (Å²) in [6.45, 7) is 7.34. The van der Waals surface area contributed by atoms with Gasteiger partial charge in [-0.05, 0) is 33.1 Å². The first kappa shape index (κ1) is 9.56. The van der Waals surface area contributed by atoms with Crippen LogP contribution in [-0.2, 0) is 4.79 Å². The highest BCUT2D eigenvalue weighted by Crippen LogP contribution is 2.28. The molecule has 1 heterocycles. The highest BCUT2D eigenvalue weighted by Gasteiger charge is 2.34. The van der Waals surface area contributed by atoms with E-state index < -0.39 is 0 Å². The number of carbonyl (C=O) groups is 1. The summed E-state index contributed by atoms with van der Waals surface area (Å²) in [5.41, 5.74) is 0.117. The minimum atomic E-state index is 0.117. The van der Waals surface area contributed by atoms with Crippen molar-refractivity contribution in [2.24, 2.45) is 0 Å². The van der Waals surface area contributed by atoms with E-state index in [0.717, 1.165) is 19.4 Å². The SMILES string of the molecule is CCCC(=O)N1CCCC1(C)C. The molecule has 1 aliphatic rings. The first-order chi connectivity index (χ1) is 5.58. The van der Waals surface area contributed by atoms with Gasteiger partial charge in [0.15, 0.2) is 0 Å². The van der Waals surface area contributed by atoms with Gasteiger partial charge in [0.05, 0.1) is 0 Å². The minimum absolute atomic E-state index is 0.117. The number of rotatable bonds is 2. The molecule has 1 aliphatic heterocycles. The second-order valence-corrected chi connectivity index (χ2v) is 4.21. The number of amides is 1. The lowest BCUT2D eigenvalue weighted by Gasteiger charge is -2.31. The van der Waals surface area contributed by atoms with Gasteiger partial charge in [0.25, 0.3) is 0 Å². The number of hydrogen-bond donors (Lipinski definition) is 0. The van der Waals surface area contributed by atoms with Gasteiger partial charge in [0.2, 0.25) is 5.91 Å². The third kappa shape index (κ3) is 1.79. The summed E-state index contributed by atoms with van der Waals surface area (Å²) in [5, 5.41) is 0. The molecule has 70 valence electrons. The minimum Gasteiger partial charge on any atom is -0.338 e. The van der Waals surface area contributed by atoms with Crippen LogP contribution in [0.15, 0.2) is 0 Å². The number of nitrogens with zero attached hydrogens (tertiary/aromatic N) is 1. The lowest BCUT2D eigenvalue weighted by Crippen LogP contribution is -2.42. The lowest BCUT2D eigenvalue weighted by atomic mass is 10.0. The van der Waals surface area contributed by atoms with E-state index in [4.69, 9.17) is 0 Å². The molecule has 0 N–H and O–H groups in total. The van der Waals surface area contributed by atoms with Crippen molar-refractivity contribution in [1.82, 2.24) is 4.90 Å². The Morgan fingerprint density at radius 1 is 1.50 bits per heavy atom. The van der Waals surface area contributed by atoms with Crippen molar-refractivity contribution in [3.8, 4) is 0 Å². The molecule has 0 aromatic carbocycles. The summed E-state index contributed by atoms with van der Waals surface area (Å²) < 4.78 is 0. The molecule has 0 aliphatic carbocycles. The third-order valence-corrected chi connectivity index (χ3v) is 2.67. The van der Waals surface area contributed by atoms with Crippen molar-refractivity contribution >= 4 is 5.91 Å². The van der Waals surface area contributed by atoms with E-state index in [1.165, 1.54) is 6.42 Å². The van der Waals surface area contributed by atoms with Gasteiger partial charge in [-0.3, -0.25) is 4.79 Å². The van der Waals surface area contributed by atoms with Gasteiger partial charge < -0.3 is 4.90 Å². The second kappa shape index (κ2) is 3.46. The molecule has 0 aromatic rings. The maximum absolute atomic E-state index is 11.6. The zero-order valence-electron chi connectivity index (χ0n) is 8.39. The first-order valence-electron chi connectivity index (χ1n) is 4.88. The van der Waals surface area contributed by atoms with Crippen LogP contribution in [0.25, 0.3) is 0 Å². The summed E-state index contributed by atoms with van der Waals surface area (Å²) in [5.74, 6) is 0.333. The Morgan fingerprint density at radius 3 is 2.58 bits per heavy atom. The first-order valence-corrected chi connectivity index (χ1v) is 4.88. The molecular formula is C10H19NO. The van der Waals surface area contributed by atoms with Gasteiger partial charge in [0, 0.05) is 18.5 Å². The van der Waals surface area contributed by atoms with Crippen LogP contribution in [0.5, 0.6) is 0 Å². The molecule has 0 bridgehead atoms. The molecule has 1 rings (SSSR count). The Hall–Kier alpha value is -0.530. The molecule has 1 amide bonds. The highest BCUT2D eigenvalue weighted by atomic mass is 16.2. The number of hydrogen-bond acceptors (Lipinski definition) is 1. The van der Waals surface area contributed by atoms with Crippen LogP contribution in [-0.4, -0.2) is 22.9 Å². The Bertz CT molecular complexity index is 175. The molecule has 0 aromatic heterocycles. The molecule has 0 unspecified atom stereocenters. The maximum atomic E-state index is 11.6. The van der Waals surface area contributed by atoms with Crippen molar-refractivity contribution < 1.29 is 4.79 Å². The highest BCUT2D eigenvalue weighted by molar-refractivity contribution is 5.77. The van der Waals surface area contributed by atoms with Crippen LogP contribution in [0.4, 0.5) is 0 Å². The van der Waals surface area contributed by atoms with E-state index >= 15 is 0 Å². The molecule has 1 saturated heterocycles. The fraction of sp³-hybridized carbons (Fsp3) is 0.900. The summed E-state index contributed by atoms with van der Waals surface area (Å²) in [6.07, 6.45) is 4.00. The fourth-order valence-corrected chi connectivity index (χ4v) is 1.92. The van der Waals surface area contributed by atoms with Crippen molar-refractivity contribution in [3.05, 3.63) is 0 Å². The molecule has 0 spiro atoms. The Balaban J connectivity index is 2.56. The zero-order chi connectivity index (χ0) is 9.19. The standard InChI is InChI=1S/C10H19NO/c1-4-6-9(12)11-8-5-7-10(11,2)3/h4-8H2,1-3H3. The normalized spacial score (nSPS) is 21.4. The van der Waals surface area contributed by atoms with Crippen LogP contribution in [0, 0.1) is 0 Å². The Morgan fingerprint density at radius 2 is 2.17 bits per heavy atom. The van der Waals surface area contributed by atoms with Crippen molar-refractivity contribution in [2.75, 3.05) is 6.54 Å². The average molecular weight is 169 g/mol. The van der Waals surface area contributed by atoms with E-state index in [-0.39, 0.29) is 5.54 Å². The fourth-order valence-electron chi connectivity index (χ4n) is 1.92. The number of likely N-dealkylation sites (tertiary alicyclic amines) is 1. The molecule has 0 saturated carbocycles. The second-order valence-electron chi connectivity index (χ2n) is 4.21. The third-order valence-electron chi connectivity index (χ3n) is 2.67. The van der Waals surface area contributed by atoms with E-state index in [1.54, 1.807) is 0 Å². The summed E-state index contributed by atoms with van der Waals surface area (Å²) in [7, 11) is 0. The molecule has 0 atom stereocenters. The summed E-state index contributed by atoms with van der Waals surface area (Å²) in [6, 6.07) is 0. The Labute approximate surface area is 74.9 Å². The van der Waals surface area contributed by atoms with Crippen molar-refractivity contribution in [3.63, 3.8) is 0 Å². The zero-order valence-corrected chi connectivity index (χ0v) is 8.39. The van der Waals surface area contributed by atoms with Gasteiger partial charge in [-0.25, -0.2) is 0 Å². The largest absolute Gasteiger partial charge is 0.338 e. The molecule has 1 fully saturated rings. The molecule has 12 heavy (non-hydrogen) atoms. The smallest absolute Gasteiger partial charge is 0.222 e. The van der Waals surface area contributed by atoms with Crippen molar-refractivity contribution in [1.29, 1.82) is 0 Å². The predicted molar refractivity (Wildman–Crippen MR) is 49.9 cm³/mol.